The van der Waals surface area contributed by atoms with E-state index in [0.717, 1.165) is 30.7 Å². The van der Waals surface area contributed by atoms with Crippen molar-refractivity contribution in [2.24, 2.45) is 0 Å². The van der Waals surface area contributed by atoms with Crippen LogP contribution in [0.15, 0.2) is 22.7 Å². The Morgan fingerprint density at radius 3 is 2.33 bits per heavy atom. The SMILES string of the molecule is CCCN(CCC)c1cc(Br)ccc1CNCC. The van der Waals surface area contributed by atoms with Crippen molar-refractivity contribution in [2.45, 2.75) is 40.2 Å². The maximum Gasteiger partial charge on any atom is 0.0423 e. The minimum atomic E-state index is 0.947. The van der Waals surface area contributed by atoms with E-state index in [1.165, 1.54) is 24.1 Å². The van der Waals surface area contributed by atoms with Gasteiger partial charge >= 0.3 is 0 Å². The molecular formula is C15H25BrN2. The first-order chi connectivity index (χ1) is 8.72. The number of anilines is 1. The van der Waals surface area contributed by atoms with E-state index in [4.69, 9.17) is 0 Å². The zero-order chi connectivity index (χ0) is 13.4. The molecule has 0 spiro atoms. The van der Waals surface area contributed by atoms with E-state index in [2.05, 4.69) is 65.1 Å². The summed E-state index contributed by atoms with van der Waals surface area (Å²) in [4.78, 5) is 2.50. The van der Waals surface area contributed by atoms with Gasteiger partial charge in [0.25, 0.3) is 0 Å². The Balaban J connectivity index is 2.96. The van der Waals surface area contributed by atoms with Gasteiger partial charge in [-0.3, -0.25) is 0 Å². The quantitative estimate of drug-likeness (QED) is 0.774. The minimum absolute atomic E-state index is 0.947. The average molecular weight is 313 g/mol. The molecule has 0 radical (unpaired) electrons. The van der Waals surface area contributed by atoms with Crippen LogP contribution in [0.1, 0.15) is 39.2 Å². The molecular weight excluding hydrogens is 288 g/mol. The molecule has 0 saturated carbocycles. The van der Waals surface area contributed by atoms with Crippen LogP contribution < -0.4 is 10.2 Å². The van der Waals surface area contributed by atoms with Crippen molar-refractivity contribution < 1.29 is 0 Å². The number of nitrogens with zero attached hydrogens (tertiary/aromatic N) is 1. The number of halogens is 1. The molecule has 102 valence electrons. The van der Waals surface area contributed by atoms with Crippen LogP contribution in [0, 0.1) is 0 Å². The van der Waals surface area contributed by atoms with Crippen molar-refractivity contribution in [3.63, 3.8) is 0 Å². The van der Waals surface area contributed by atoms with Crippen LogP contribution >= 0.6 is 15.9 Å². The fraction of sp³-hybridized carbons (Fsp3) is 0.600. The molecule has 0 aromatic heterocycles. The highest BCUT2D eigenvalue weighted by Crippen LogP contribution is 2.25. The summed E-state index contributed by atoms with van der Waals surface area (Å²) in [5.74, 6) is 0. The number of benzene rings is 1. The Labute approximate surface area is 120 Å². The second kappa shape index (κ2) is 8.54. The van der Waals surface area contributed by atoms with Gasteiger partial charge in [0.2, 0.25) is 0 Å². The fourth-order valence-electron chi connectivity index (χ4n) is 2.13. The lowest BCUT2D eigenvalue weighted by molar-refractivity contribution is 0.706. The molecule has 0 bridgehead atoms. The Kier molecular flexibility index (Phi) is 7.36. The van der Waals surface area contributed by atoms with Gasteiger partial charge in [-0.15, -0.1) is 0 Å². The van der Waals surface area contributed by atoms with E-state index in [1.54, 1.807) is 0 Å². The molecule has 1 N–H and O–H groups in total. The van der Waals surface area contributed by atoms with Crippen LogP contribution in [0.2, 0.25) is 0 Å². The smallest absolute Gasteiger partial charge is 0.0423 e. The van der Waals surface area contributed by atoms with Crippen molar-refractivity contribution >= 4 is 21.6 Å². The summed E-state index contributed by atoms with van der Waals surface area (Å²) >= 11 is 3.59. The number of nitrogens with one attached hydrogen (secondary N) is 1. The molecule has 0 aliphatic heterocycles. The van der Waals surface area contributed by atoms with E-state index in [0.29, 0.717) is 0 Å². The van der Waals surface area contributed by atoms with Crippen LogP contribution in [0.5, 0.6) is 0 Å². The first-order valence-electron chi connectivity index (χ1n) is 6.97. The highest BCUT2D eigenvalue weighted by atomic mass is 79.9. The summed E-state index contributed by atoms with van der Waals surface area (Å²) in [6.07, 6.45) is 2.38. The molecule has 2 nitrogen and oxygen atoms in total. The third kappa shape index (κ3) is 4.62. The zero-order valence-electron chi connectivity index (χ0n) is 11.8. The Morgan fingerprint density at radius 1 is 1.11 bits per heavy atom. The third-order valence-electron chi connectivity index (χ3n) is 2.94. The summed E-state index contributed by atoms with van der Waals surface area (Å²) < 4.78 is 1.16. The molecule has 3 heteroatoms. The molecule has 1 rings (SSSR count). The van der Waals surface area contributed by atoms with Gasteiger partial charge in [0.05, 0.1) is 0 Å². The zero-order valence-corrected chi connectivity index (χ0v) is 13.4. The molecule has 0 fully saturated rings. The van der Waals surface area contributed by atoms with Crippen molar-refractivity contribution in [1.29, 1.82) is 0 Å². The summed E-state index contributed by atoms with van der Waals surface area (Å²) in [5.41, 5.74) is 2.76. The van der Waals surface area contributed by atoms with Gasteiger partial charge in [0.15, 0.2) is 0 Å². The molecule has 0 aliphatic carbocycles. The number of hydrogen-bond donors (Lipinski definition) is 1. The lowest BCUT2D eigenvalue weighted by Gasteiger charge is -2.27. The van der Waals surface area contributed by atoms with Crippen LogP contribution in [-0.4, -0.2) is 19.6 Å². The molecule has 1 aromatic carbocycles. The highest BCUT2D eigenvalue weighted by Gasteiger charge is 2.10. The van der Waals surface area contributed by atoms with Crippen LogP contribution in [-0.2, 0) is 6.54 Å². The van der Waals surface area contributed by atoms with Gasteiger partial charge in [-0.2, -0.15) is 0 Å². The molecule has 0 heterocycles. The van der Waals surface area contributed by atoms with Crippen molar-refractivity contribution in [1.82, 2.24) is 5.32 Å². The monoisotopic (exact) mass is 312 g/mol. The first-order valence-corrected chi connectivity index (χ1v) is 7.76. The largest absolute Gasteiger partial charge is 0.371 e. The first kappa shape index (κ1) is 15.5. The lowest BCUT2D eigenvalue weighted by Crippen LogP contribution is -2.27. The topological polar surface area (TPSA) is 15.3 Å². The van der Waals surface area contributed by atoms with E-state index in [-0.39, 0.29) is 0 Å². The van der Waals surface area contributed by atoms with Crippen molar-refractivity contribution in [3.8, 4) is 0 Å². The van der Waals surface area contributed by atoms with Gasteiger partial charge in [0, 0.05) is 29.8 Å². The van der Waals surface area contributed by atoms with Crippen molar-refractivity contribution in [3.05, 3.63) is 28.2 Å². The minimum Gasteiger partial charge on any atom is -0.371 e. The van der Waals surface area contributed by atoms with Gasteiger partial charge < -0.3 is 10.2 Å². The average Bonchev–Trinajstić information content (AvgIpc) is 2.37. The van der Waals surface area contributed by atoms with Gasteiger partial charge in [0.1, 0.15) is 0 Å². The normalized spacial score (nSPS) is 10.7. The lowest BCUT2D eigenvalue weighted by atomic mass is 10.1. The predicted octanol–water partition coefficient (Wildman–Crippen LogP) is 4.19. The van der Waals surface area contributed by atoms with Gasteiger partial charge in [-0.05, 0) is 37.1 Å². The maximum atomic E-state index is 3.59. The third-order valence-corrected chi connectivity index (χ3v) is 3.43. The fourth-order valence-corrected chi connectivity index (χ4v) is 2.48. The molecule has 18 heavy (non-hydrogen) atoms. The Hall–Kier alpha value is -0.540. The molecule has 0 saturated heterocycles. The number of rotatable bonds is 8. The highest BCUT2D eigenvalue weighted by molar-refractivity contribution is 9.10. The van der Waals surface area contributed by atoms with Gasteiger partial charge in [-0.1, -0.05) is 42.8 Å². The van der Waals surface area contributed by atoms with E-state index in [9.17, 15) is 0 Å². The molecule has 0 unspecified atom stereocenters. The second-order valence-electron chi connectivity index (χ2n) is 4.54. The summed E-state index contributed by atoms with van der Waals surface area (Å²) in [6.45, 7) is 10.8. The van der Waals surface area contributed by atoms with Crippen LogP contribution in [0.3, 0.4) is 0 Å². The van der Waals surface area contributed by atoms with E-state index < -0.39 is 0 Å². The van der Waals surface area contributed by atoms with Crippen LogP contribution in [0.4, 0.5) is 5.69 Å². The second-order valence-corrected chi connectivity index (χ2v) is 5.46. The van der Waals surface area contributed by atoms with E-state index in [1.807, 2.05) is 0 Å². The Bertz CT molecular complexity index is 346. The maximum absolute atomic E-state index is 3.59. The summed E-state index contributed by atoms with van der Waals surface area (Å²) in [5, 5.41) is 3.42. The predicted molar refractivity (Wildman–Crippen MR) is 84.3 cm³/mol. The molecule has 1 aromatic rings. The standard InChI is InChI=1S/C15H25BrN2/c1-4-9-18(10-5-2)15-11-14(16)8-7-13(15)12-17-6-3/h7-8,11,17H,4-6,9-10,12H2,1-3H3. The summed E-state index contributed by atoms with van der Waals surface area (Å²) in [7, 11) is 0. The summed E-state index contributed by atoms with van der Waals surface area (Å²) in [6, 6.07) is 6.60. The molecule has 0 atom stereocenters. The number of hydrogen-bond acceptors (Lipinski definition) is 2. The van der Waals surface area contributed by atoms with E-state index >= 15 is 0 Å². The van der Waals surface area contributed by atoms with Crippen molar-refractivity contribution in [2.75, 3.05) is 24.5 Å². The molecule has 0 aliphatic rings. The van der Waals surface area contributed by atoms with Crippen LogP contribution in [0.25, 0.3) is 0 Å². The van der Waals surface area contributed by atoms with Gasteiger partial charge in [-0.25, -0.2) is 0 Å². The molecule has 0 amide bonds. The Morgan fingerprint density at radius 2 is 1.78 bits per heavy atom.